The van der Waals surface area contributed by atoms with Gasteiger partial charge < -0.3 is 9.47 Å². The van der Waals surface area contributed by atoms with Gasteiger partial charge in [0.1, 0.15) is 11.3 Å². The number of methoxy groups -OCH3 is 1. The third kappa shape index (κ3) is 2.97. The van der Waals surface area contributed by atoms with E-state index in [1.54, 1.807) is 14.0 Å². The Morgan fingerprint density at radius 1 is 1.33 bits per heavy atom. The third-order valence-electron chi connectivity index (χ3n) is 2.88. The number of carbonyl (C=O) groups excluding carboxylic acids is 2. The van der Waals surface area contributed by atoms with Crippen LogP contribution in [0.25, 0.3) is 10.2 Å². The largest absolute Gasteiger partial charge is 0.494 e. The molecular weight excluding hydrogens is 292 g/mol. The van der Waals surface area contributed by atoms with Gasteiger partial charge in [0.2, 0.25) is 0 Å². The number of hydrogen-bond donors (Lipinski definition) is 1. The van der Waals surface area contributed by atoms with E-state index in [4.69, 9.17) is 4.74 Å². The van der Waals surface area contributed by atoms with E-state index < -0.39 is 11.9 Å². The number of ether oxygens (including phenoxy) is 2. The summed E-state index contributed by atoms with van der Waals surface area (Å²) < 4.78 is 10.9. The Morgan fingerprint density at radius 3 is 2.67 bits per heavy atom. The van der Waals surface area contributed by atoms with Crippen molar-refractivity contribution < 1.29 is 19.1 Å². The van der Waals surface area contributed by atoms with Crippen LogP contribution in [-0.2, 0) is 14.3 Å². The Labute approximate surface area is 126 Å². The number of hydrogen-bond acceptors (Lipinski definition) is 6. The van der Waals surface area contributed by atoms with Crippen molar-refractivity contribution in [1.29, 1.82) is 0 Å². The lowest BCUT2D eigenvalue weighted by Gasteiger charge is -2.06. The summed E-state index contributed by atoms with van der Waals surface area (Å²) in [4.78, 5) is 27.3. The highest BCUT2D eigenvalue weighted by atomic mass is 32.1. The highest BCUT2D eigenvalue weighted by Gasteiger charge is 2.19. The first-order valence-electron chi connectivity index (χ1n) is 6.40. The predicted molar refractivity (Wildman–Crippen MR) is 80.9 cm³/mol. The first-order chi connectivity index (χ1) is 9.97. The van der Waals surface area contributed by atoms with Gasteiger partial charge in [0.15, 0.2) is 5.13 Å². The maximum absolute atomic E-state index is 11.6. The zero-order valence-corrected chi connectivity index (χ0v) is 13.1. The number of esters is 1. The van der Waals surface area contributed by atoms with Crippen LogP contribution < -0.4 is 10.1 Å². The zero-order chi connectivity index (χ0) is 15.6. The van der Waals surface area contributed by atoms with Crippen molar-refractivity contribution in [2.24, 2.45) is 0 Å². The molecule has 1 aromatic carbocycles. The van der Waals surface area contributed by atoms with Gasteiger partial charge in [-0.2, -0.15) is 0 Å². The molecular formula is C14H16N2O4S. The molecule has 0 radical (unpaired) electrons. The van der Waals surface area contributed by atoms with Crippen LogP contribution >= 0.6 is 11.3 Å². The van der Waals surface area contributed by atoms with E-state index in [0.29, 0.717) is 16.4 Å². The Balaban J connectivity index is 2.37. The van der Waals surface area contributed by atoms with E-state index in [9.17, 15) is 9.59 Å². The molecule has 0 atom stereocenters. The van der Waals surface area contributed by atoms with Crippen LogP contribution in [0.5, 0.6) is 5.75 Å². The van der Waals surface area contributed by atoms with E-state index in [1.165, 1.54) is 11.3 Å². The van der Waals surface area contributed by atoms with Gasteiger partial charge >= 0.3 is 11.9 Å². The summed E-state index contributed by atoms with van der Waals surface area (Å²) in [6, 6.07) is 2.00. The molecule has 1 heterocycles. The molecule has 112 valence electrons. The maximum Gasteiger partial charge on any atom is 0.397 e. The lowest BCUT2D eigenvalue weighted by Crippen LogP contribution is -2.24. The van der Waals surface area contributed by atoms with Crippen molar-refractivity contribution in [1.82, 2.24) is 4.98 Å². The fourth-order valence-electron chi connectivity index (χ4n) is 2.04. The number of amides is 1. The minimum absolute atomic E-state index is 0.151. The molecule has 0 spiro atoms. The second-order valence-electron chi connectivity index (χ2n) is 4.41. The third-order valence-corrected chi connectivity index (χ3v) is 3.98. The van der Waals surface area contributed by atoms with E-state index in [2.05, 4.69) is 15.0 Å². The normalized spacial score (nSPS) is 10.5. The average Bonchev–Trinajstić information content (AvgIpc) is 2.83. The van der Waals surface area contributed by atoms with Gasteiger partial charge in [-0.25, -0.2) is 9.78 Å². The highest BCUT2D eigenvalue weighted by molar-refractivity contribution is 7.22. The molecule has 7 heteroatoms. The molecule has 1 N–H and O–H groups in total. The highest BCUT2D eigenvalue weighted by Crippen LogP contribution is 2.37. The van der Waals surface area contributed by atoms with Gasteiger partial charge in [-0.15, -0.1) is 0 Å². The Kier molecular flexibility index (Phi) is 4.42. The number of nitrogens with one attached hydrogen (secondary N) is 1. The predicted octanol–water partition coefficient (Wildman–Crippen LogP) is 2.42. The summed E-state index contributed by atoms with van der Waals surface area (Å²) >= 11 is 1.30. The molecule has 1 amide bonds. The number of aryl methyl sites for hydroxylation is 2. The standard InChI is InChI=1S/C14H16N2O4S/c1-5-20-13(18)12(17)16-14-15-9-10(19-4)7(2)6-8(3)11(9)21-14/h6H,5H2,1-4H3,(H,15,16,17). The van der Waals surface area contributed by atoms with Crippen molar-refractivity contribution in [2.75, 3.05) is 19.0 Å². The second kappa shape index (κ2) is 6.09. The SMILES string of the molecule is CCOC(=O)C(=O)Nc1nc2c(OC)c(C)cc(C)c2s1. The van der Waals surface area contributed by atoms with Crippen LogP contribution in [0.2, 0.25) is 0 Å². The van der Waals surface area contributed by atoms with Gasteiger partial charge in [-0.05, 0) is 31.9 Å². The van der Waals surface area contributed by atoms with Crippen LogP contribution in [0.4, 0.5) is 5.13 Å². The van der Waals surface area contributed by atoms with Gasteiger partial charge in [0.25, 0.3) is 0 Å². The summed E-state index contributed by atoms with van der Waals surface area (Å²) in [5.41, 5.74) is 2.69. The van der Waals surface area contributed by atoms with Crippen LogP contribution in [0.1, 0.15) is 18.1 Å². The monoisotopic (exact) mass is 308 g/mol. The molecule has 0 saturated carbocycles. The van der Waals surface area contributed by atoms with Crippen molar-refractivity contribution in [3.63, 3.8) is 0 Å². The lowest BCUT2D eigenvalue weighted by molar-refractivity contribution is -0.152. The van der Waals surface area contributed by atoms with Crippen LogP contribution in [-0.4, -0.2) is 30.6 Å². The number of benzene rings is 1. The average molecular weight is 308 g/mol. The smallest absolute Gasteiger partial charge is 0.397 e. The summed E-state index contributed by atoms with van der Waals surface area (Å²) in [7, 11) is 1.58. The number of aromatic nitrogens is 1. The quantitative estimate of drug-likeness (QED) is 0.696. The summed E-state index contributed by atoms with van der Waals surface area (Å²) in [5.74, 6) is -1.08. The maximum atomic E-state index is 11.6. The summed E-state index contributed by atoms with van der Waals surface area (Å²) in [6.45, 7) is 5.68. The number of fused-ring (bicyclic) bond motifs is 1. The minimum Gasteiger partial charge on any atom is -0.494 e. The molecule has 1 aromatic heterocycles. The fraction of sp³-hybridized carbons (Fsp3) is 0.357. The first kappa shape index (κ1) is 15.2. The van der Waals surface area contributed by atoms with Crippen LogP contribution in [0, 0.1) is 13.8 Å². The molecule has 0 bridgehead atoms. The number of anilines is 1. The van der Waals surface area contributed by atoms with E-state index in [1.807, 2.05) is 19.9 Å². The lowest BCUT2D eigenvalue weighted by atomic mass is 10.1. The molecule has 0 aliphatic carbocycles. The number of thiazole rings is 1. The van der Waals surface area contributed by atoms with Crippen molar-refractivity contribution in [3.05, 3.63) is 17.2 Å². The van der Waals surface area contributed by atoms with Crippen LogP contribution in [0.15, 0.2) is 6.07 Å². The number of nitrogens with zero attached hydrogens (tertiary/aromatic N) is 1. The minimum atomic E-state index is -0.920. The molecule has 2 rings (SSSR count). The van der Waals surface area contributed by atoms with Gasteiger partial charge in [0, 0.05) is 0 Å². The van der Waals surface area contributed by atoms with E-state index in [0.717, 1.165) is 15.8 Å². The van der Waals surface area contributed by atoms with Crippen LogP contribution in [0.3, 0.4) is 0 Å². The van der Waals surface area contributed by atoms with Gasteiger partial charge in [0.05, 0.1) is 18.4 Å². The van der Waals surface area contributed by atoms with E-state index >= 15 is 0 Å². The molecule has 0 aliphatic rings. The van der Waals surface area contributed by atoms with Crippen molar-refractivity contribution in [2.45, 2.75) is 20.8 Å². The molecule has 0 aliphatic heterocycles. The Morgan fingerprint density at radius 2 is 2.05 bits per heavy atom. The fourth-order valence-corrected chi connectivity index (χ4v) is 2.97. The zero-order valence-electron chi connectivity index (χ0n) is 12.3. The van der Waals surface area contributed by atoms with Crippen molar-refractivity contribution in [3.8, 4) is 5.75 Å². The Hall–Kier alpha value is -2.15. The number of rotatable bonds is 3. The first-order valence-corrected chi connectivity index (χ1v) is 7.22. The Bertz CT molecular complexity index is 709. The van der Waals surface area contributed by atoms with Crippen molar-refractivity contribution >= 4 is 38.6 Å². The molecule has 21 heavy (non-hydrogen) atoms. The molecule has 0 saturated heterocycles. The topological polar surface area (TPSA) is 77.5 Å². The summed E-state index contributed by atoms with van der Waals surface area (Å²) in [6.07, 6.45) is 0. The molecule has 0 fully saturated rings. The molecule has 0 unspecified atom stereocenters. The second-order valence-corrected chi connectivity index (χ2v) is 5.41. The van der Waals surface area contributed by atoms with Gasteiger partial charge in [-0.1, -0.05) is 17.4 Å². The molecule has 6 nitrogen and oxygen atoms in total. The van der Waals surface area contributed by atoms with E-state index in [-0.39, 0.29) is 6.61 Å². The number of carbonyl (C=O) groups is 2. The summed E-state index contributed by atoms with van der Waals surface area (Å²) in [5, 5.41) is 2.79. The van der Waals surface area contributed by atoms with Gasteiger partial charge in [-0.3, -0.25) is 10.1 Å². The molecule has 2 aromatic rings.